The molecule has 2 aliphatic heterocycles. The maximum atomic E-state index is 14.6. The Balaban J connectivity index is 1.47. The predicted octanol–water partition coefficient (Wildman–Crippen LogP) is 5.24. The number of benzene rings is 3. The van der Waals surface area contributed by atoms with Crippen molar-refractivity contribution in [1.82, 2.24) is 4.90 Å². The average molecular weight is 479 g/mol. The normalized spacial score (nSPS) is 21.9. The second kappa shape index (κ2) is 9.38. The van der Waals surface area contributed by atoms with Gasteiger partial charge in [0.05, 0.1) is 23.2 Å². The van der Waals surface area contributed by atoms with E-state index >= 15 is 0 Å². The Morgan fingerprint density at radius 1 is 0.722 bits per heavy atom. The number of hydrogen-bond acceptors (Lipinski definition) is 3. The minimum absolute atomic E-state index is 0.171. The molecule has 1 saturated heterocycles. The zero-order valence-electron chi connectivity index (χ0n) is 20.3. The molecule has 0 N–H and O–H groups in total. The molecule has 2 fully saturated rings. The molecule has 3 aliphatic rings. The van der Waals surface area contributed by atoms with Gasteiger partial charge in [0.15, 0.2) is 0 Å². The van der Waals surface area contributed by atoms with Crippen LogP contribution in [0.15, 0.2) is 78.9 Å². The van der Waals surface area contributed by atoms with Gasteiger partial charge in [-0.05, 0) is 54.5 Å². The van der Waals surface area contributed by atoms with Crippen molar-refractivity contribution in [3.63, 3.8) is 0 Å². The molecule has 3 amide bonds. The Labute approximate surface area is 211 Å². The van der Waals surface area contributed by atoms with Gasteiger partial charge >= 0.3 is 0 Å². The van der Waals surface area contributed by atoms with Crippen molar-refractivity contribution in [2.75, 3.05) is 4.90 Å². The van der Waals surface area contributed by atoms with E-state index in [4.69, 9.17) is 0 Å². The van der Waals surface area contributed by atoms with Gasteiger partial charge in [-0.1, -0.05) is 79.6 Å². The number of carbonyl (C=O) groups is 3. The van der Waals surface area contributed by atoms with E-state index in [-0.39, 0.29) is 29.6 Å². The van der Waals surface area contributed by atoms with Crippen LogP contribution in [0.1, 0.15) is 42.4 Å². The SMILES string of the molecule is O=C([C@H](Cc1ccccc1)N1C(=O)[C@@H]2CCCC[C@H]2C1=O)N1c2ccccc2CCc2ccccc21. The van der Waals surface area contributed by atoms with Gasteiger partial charge in [-0.25, -0.2) is 0 Å². The Bertz CT molecular complexity index is 1250. The lowest BCUT2D eigenvalue weighted by Crippen LogP contribution is -2.51. The number of para-hydroxylation sites is 2. The van der Waals surface area contributed by atoms with Crippen LogP contribution in [0.3, 0.4) is 0 Å². The van der Waals surface area contributed by atoms with E-state index in [1.165, 1.54) is 4.90 Å². The molecule has 36 heavy (non-hydrogen) atoms. The van der Waals surface area contributed by atoms with Gasteiger partial charge in [0.2, 0.25) is 11.8 Å². The fourth-order valence-corrected chi connectivity index (χ4v) is 6.29. The van der Waals surface area contributed by atoms with E-state index in [2.05, 4.69) is 12.1 Å². The van der Waals surface area contributed by atoms with E-state index in [1.54, 1.807) is 4.90 Å². The molecule has 6 rings (SSSR count). The number of likely N-dealkylation sites (tertiary alicyclic amines) is 1. The average Bonchev–Trinajstić information content (AvgIpc) is 3.07. The number of imide groups is 1. The summed E-state index contributed by atoms with van der Waals surface area (Å²) in [6, 6.07) is 24.8. The fraction of sp³-hybridized carbons (Fsp3) is 0.323. The summed E-state index contributed by atoms with van der Waals surface area (Å²) in [5.74, 6) is -1.14. The summed E-state index contributed by atoms with van der Waals surface area (Å²) in [6.07, 6.45) is 5.33. The summed E-state index contributed by atoms with van der Waals surface area (Å²) in [6.45, 7) is 0. The molecule has 1 saturated carbocycles. The van der Waals surface area contributed by atoms with Crippen LogP contribution in [-0.2, 0) is 33.6 Å². The quantitative estimate of drug-likeness (QED) is 0.482. The number of carbonyl (C=O) groups excluding carboxylic acids is 3. The van der Waals surface area contributed by atoms with Crippen molar-refractivity contribution >= 4 is 29.1 Å². The van der Waals surface area contributed by atoms with Crippen molar-refractivity contribution < 1.29 is 14.4 Å². The number of hydrogen-bond donors (Lipinski definition) is 0. The Kier molecular flexibility index (Phi) is 5.92. The van der Waals surface area contributed by atoms with Crippen LogP contribution in [0.2, 0.25) is 0 Å². The standard InChI is InChI=1S/C31H30N2O3/c34-29-24-14-6-7-15-25(24)30(35)33(29)28(20-21-10-2-1-3-11-21)31(36)32-26-16-8-4-12-22(26)18-19-23-13-5-9-17-27(23)32/h1-5,8-13,16-17,24-25,28H,6-7,14-15,18-20H2/t24-,25-,28+/m1/s1. The van der Waals surface area contributed by atoms with Crippen LogP contribution in [0.4, 0.5) is 11.4 Å². The first-order valence-corrected chi connectivity index (χ1v) is 13.0. The summed E-state index contributed by atoms with van der Waals surface area (Å²) in [5, 5.41) is 0. The number of fused-ring (bicyclic) bond motifs is 3. The van der Waals surface area contributed by atoms with Gasteiger partial charge < -0.3 is 0 Å². The predicted molar refractivity (Wildman–Crippen MR) is 139 cm³/mol. The highest BCUT2D eigenvalue weighted by atomic mass is 16.2. The topological polar surface area (TPSA) is 57.7 Å². The van der Waals surface area contributed by atoms with Crippen molar-refractivity contribution in [3.05, 3.63) is 95.6 Å². The summed E-state index contributed by atoms with van der Waals surface area (Å²) in [7, 11) is 0. The first kappa shape index (κ1) is 22.7. The van der Waals surface area contributed by atoms with Crippen LogP contribution < -0.4 is 4.90 Å². The maximum Gasteiger partial charge on any atom is 0.255 e. The van der Waals surface area contributed by atoms with Gasteiger partial charge in [0.1, 0.15) is 6.04 Å². The van der Waals surface area contributed by atoms with Crippen LogP contribution in [0.5, 0.6) is 0 Å². The third kappa shape index (κ3) is 3.83. The van der Waals surface area contributed by atoms with Gasteiger partial charge in [-0.3, -0.25) is 24.2 Å². The fourth-order valence-electron chi connectivity index (χ4n) is 6.29. The number of aryl methyl sites for hydroxylation is 2. The number of nitrogens with zero attached hydrogens (tertiary/aromatic N) is 2. The maximum absolute atomic E-state index is 14.6. The monoisotopic (exact) mass is 478 g/mol. The molecule has 3 atom stereocenters. The second-order valence-corrected chi connectivity index (χ2v) is 10.2. The molecular formula is C31H30N2O3. The first-order chi connectivity index (χ1) is 17.6. The Hall–Kier alpha value is -3.73. The molecule has 0 spiro atoms. The van der Waals surface area contributed by atoms with Crippen LogP contribution >= 0.6 is 0 Å². The van der Waals surface area contributed by atoms with Gasteiger partial charge in [-0.15, -0.1) is 0 Å². The highest BCUT2D eigenvalue weighted by Crippen LogP contribution is 2.41. The molecule has 182 valence electrons. The second-order valence-electron chi connectivity index (χ2n) is 10.2. The smallest absolute Gasteiger partial charge is 0.255 e. The van der Waals surface area contributed by atoms with Gasteiger partial charge in [0, 0.05) is 6.42 Å². The molecule has 0 radical (unpaired) electrons. The molecule has 0 bridgehead atoms. The van der Waals surface area contributed by atoms with E-state index in [0.29, 0.717) is 6.42 Å². The zero-order valence-corrected chi connectivity index (χ0v) is 20.3. The van der Waals surface area contributed by atoms with Crippen LogP contribution in [-0.4, -0.2) is 28.7 Å². The molecule has 1 aliphatic carbocycles. The summed E-state index contributed by atoms with van der Waals surface area (Å²) < 4.78 is 0. The largest absolute Gasteiger partial charge is 0.279 e. The molecule has 0 aromatic heterocycles. The van der Waals surface area contributed by atoms with E-state index in [1.807, 2.05) is 66.7 Å². The molecule has 0 unspecified atom stereocenters. The third-order valence-corrected chi connectivity index (χ3v) is 8.09. The van der Waals surface area contributed by atoms with Gasteiger partial charge in [0.25, 0.3) is 5.91 Å². The summed E-state index contributed by atoms with van der Waals surface area (Å²) in [4.78, 5) is 45.1. The molecular weight excluding hydrogens is 448 g/mol. The molecule has 5 heteroatoms. The van der Waals surface area contributed by atoms with Crippen molar-refractivity contribution in [2.45, 2.75) is 51.0 Å². The lowest BCUT2D eigenvalue weighted by Gasteiger charge is -2.33. The molecule has 3 aromatic rings. The van der Waals surface area contributed by atoms with E-state index in [0.717, 1.165) is 66.6 Å². The molecule has 5 nitrogen and oxygen atoms in total. The van der Waals surface area contributed by atoms with Crippen molar-refractivity contribution in [3.8, 4) is 0 Å². The number of amides is 3. The first-order valence-electron chi connectivity index (χ1n) is 13.0. The van der Waals surface area contributed by atoms with Crippen LogP contribution in [0, 0.1) is 11.8 Å². The third-order valence-electron chi connectivity index (χ3n) is 8.09. The van der Waals surface area contributed by atoms with Crippen molar-refractivity contribution in [1.29, 1.82) is 0 Å². The van der Waals surface area contributed by atoms with Crippen LogP contribution in [0.25, 0.3) is 0 Å². The summed E-state index contributed by atoms with van der Waals surface area (Å²) in [5.41, 5.74) is 4.79. The molecule has 2 heterocycles. The Morgan fingerprint density at radius 3 is 1.78 bits per heavy atom. The lowest BCUT2D eigenvalue weighted by atomic mass is 9.81. The highest BCUT2D eigenvalue weighted by Gasteiger charge is 2.52. The van der Waals surface area contributed by atoms with Crippen molar-refractivity contribution in [2.24, 2.45) is 11.8 Å². The lowest BCUT2D eigenvalue weighted by molar-refractivity contribution is -0.147. The van der Waals surface area contributed by atoms with Gasteiger partial charge in [-0.2, -0.15) is 0 Å². The van der Waals surface area contributed by atoms with E-state index < -0.39 is 6.04 Å². The zero-order chi connectivity index (χ0) is 24.6. The minimum atomic E-state index is -0.891. The number of rotatable bonds is 4. The summed E-state index contributed by atoms with van der Waals surface area (Å²) >= 11 is 0. The van der Waals surface area contributed by atoms with E-state index in [9.17, 15) is 14.4 Å². The molecule has 3 aromatic carbocycles. The highest BCUT2D eigenvalue weighted by molar-refractivity contribution is 6.12. The number of anilines is 2. The minimum Gasteiger partial charge on any atom is -0.279 e. The Morgan fingerprint density at radius 2 is 1.22 bits per heavy atom.